The van der Waals surface area contributed by atoms with Crippen molar-refractivity contribution < 1.29 is 4.74 Å². The van der Waals surface area contributed by atoms with E-state index in [2.05, 4.69) is 23.6 Å². The molecule has 0 rings (SSSR count). The van der Waals surface area contributed by atoms with Crippen LogP contribution in [0.5, 0.6) is 0 Å². The Labute approximate surface area is 80.5 Å². The third kappa shape index (κ3) is 13.5. The van der Waals surface area contributed by atoms with Crippen molar-refractivity contribution in [1.29, 1.82) is 0 Å². The molecule has 0 aromatic carbocycles. The first-order chi connectivity index (χ1) is 6.26. The number of rotatable bonds is 4. The molecule has 3 heteroatoms. The van der Waals surface area contributed by atoms with Crippen molar-refractivity contribution in [2.45, 2.75) is 6.92 Å². The minimum absolute atomic E-state index is 0.625. The molecule has 0 aliphatic rings. The van der Waals surface area contributed by atoms with Gasteiger partial charge in [-0.05, 0) is 25.9 Å². The highest BCUT2D eigenvalue weighted by Gasteiger charge is 1.80. The van der Waals surface area contributed by atoms with Crippen LogP contribution in [0.15, 0.2) is 41.9 Å². The topological polar surface area (TPSA) is 33.6 Å². The Hall–Kier alpha value is -1.51. The second kappa shape index (κ2) is 13.1. The Balaban J connectivity index is 0. The van der Waals surface area contributed by atoms with E-state index in [1.165, 1.54) is 6.20 Å². The summed E-state index contributed by atoms with van der Waals surface area (Å²) < 4.78 is 4.75. The predicted octanol–water partition coefficient (Wildman–Crippen LogP) is 2.10. The van der Waals surface area contributed by atoms with Crippen LogP contribution in [0.4, 0.5) is 0 Å². The summed E-state index contributed by atoms with van der Waals surface area (Å²) in [6.45, 7) is 8.68. The zero-order valence-corrected chi connectivity index (χ0v) is 8.58. The van der Waals surface area contributed by atoms with E-state index in [4.69, 9.17) is 4.74 Å². The number of hydrogen-bond donors (Lipinski definition) is 1. The molecule has 74 valence electrons. The number of hydrogen-bond acceptors (Lipinski definition) is 3. The molecule has 0 aromatic heterocycles. The number of nitrogens with zero attached hydrogens (tertiary/aromatic N) is 1. The van der Waals surface area contributed by atoms with E-state index in [-0.39, 0.29) is 0 Å². The molecule has 0 spiro atoms. The van der Waals surface area contributed by atoms with Crippen molar-refractivity contribution in [3.05, 3.63) is 36.9 Å². The second-order valence-electron chi connectivity index (χ2n) is 1.91. The zero-order chi connectivity index (χ0) is 10.5. The van der Waals surface area contributed by atoms with Crippen LogP contribution in [0.25, 0.3) is 0 Å². The average Bonchev–Trinajstić information content (AvgIpc) is 2.16. The fraction of sp³-hybridized carbons (Fsp3) is 0.300. The number of nitrogens with one attached hydrogen (secondary N) is 1. The first kappa shape index (κ1) is 14.0. The van der Waals surface area contributed by atoms with Crippen LogP contribution >= 0.6 is 0 Å². The van der Waals surface area contributed by atoms with Gasteiger partial charge in [-0.25, -0.2) is 0 Å². The van der Waals surface area contributed by atoms with Gasteiger partial charge in [-0.2, -0.15) is 0 Å². The SMILES string of the molecule is C/C=C\NC.C=C/C(=C\N=C)OC. The summed E-state index contributed by atoms with van der Waals surface area (Å²) in [6.07, 6.45) is 6.88. The van der Waals surface area contributed by atoms with Gasteiger partial charge < -0.3 is 10.1 Å². The lowest BCUT2D eigenvalue weighted by molar-refractivity contribution is 0.306. The third-order valence-corrected chi connectivity index (χ3v) is 0.989. The average molecular weight is 182 g/mol. The highest BCUT2D eigenvalue weighted by Crippen LogP contribution is 1.93. The summed E-state index contributed by atoms with van der Waals surface area (Å²) in [6, 6.07) is 0. The molecule has 3 nitrogen and oxygen atoms in total. The van der Waals surface area contributed by atoms with Crippen LogP contribution in [0, 0.1) is 0 Å². The molecule has 1 N–H and O–H groups in total. The third-order valence-electron chi connectivity index (χ3n) is 0.989. The van der Waals surface area contributed by atoms with Crippen LogP contribution in [-0.2, 0) is 4.74 Å². The maximum Gasteiger partial charge on any atom is 0.136 e. The summed E-state index contributed by atoms with van der Waals surface area (Å²) >= 11 is 0. The lowest BCUT2D eigenvalue weighted by Gasteiger charge is -1.93. The quantitative estimate of drug-likeness (QED) is 0.410. The van der Waals surface area contributed by atoms with Crippen molar-refractivity contribution in [3.8, 4) is 0 Å². The van der Waals surface area contributed by atoms with E-state index < -0.39 is 0 Å². The van der Waals surface area contributed by atoms with Gasteiger partial charge in [-0.1, -0.05) is 12.7 Å². The van der Waals surface area contributed by atoms with E-state index >= 15 is 0 Å². The summed E-state index contributed by atoms with van der Waals surface area (Å²) in [5, 5.41) is 2.84. The molecule has 0 aliphatic heterocycles. The van der Waals surface area contributed by atoms with Crippen molar-refractivity contribution in [2.24, 2.45) is 4.99 Å². The van der Waals surface area contributed by atoms with Crippen molar-refractivity contribution in [1.82, 2.24) is 5.32 Å². The van der Waals surface area contributed by atoms with Crippen LogP contribution in [0.2, 0.25) is 0 Å². The lowest BCUT2D eigenvalue weighted by Crippen LogP contribution is -1.89. The monoisotopic (exact) mass is 182 g/mol. The summed E-state index contributed by atoms with van der Waals surface area (Å²) in [5.74, 6) is 0.625. The van der Waals surface area contributed by atoms with Gasteiger partial charge in [0.15, 0.2) is 0 Å². The van der Waals surface area contributed by atoms with Crippen LogP contribution in [-0.4, -0.2) is 20.9 Å². The normalized spacial score (nSPS) is 9.92. The summed E-state index contributed by atoms with van der Waals surface area (Å²) in [4.78, 5) is 3.47. The van der Waals surface area contributed by atoms with E-state index in [1.807, 2.05) is 26.2 Å². The molecule has 13 heavy (non-hydrogen) atoms. The largest absolute Gasteiger partial charge is 0.495 e. The summed E-state index contributed by atoms with van der Waals surface area (Å²) in [5.41, 5.74) is 0. The predicted molar refractivity (Wildman–Crippen MR) is 58.7 cm³/mol. The zero-order valence-electron chi connectivity index (χ0n) is 8.58. The van der Waals surface area contributed by atoms with E-state index in [0.717, 1.165) is 0 Å². The first-order valence-electron chi connectivity index (χ1n) is 3.87. The molecule has 0 amide bonds. The second-order valence-corrected chi connectivity index (χ2v) is 1.91. The molecule has 0 bridgehead atoms. The highest BCUT2D eigenvalue weighted by atomic mass is 16.5. The first-order valence-corrected chi connectivity index (χ1v) is 3.87. The number of ether oxygens (including phenoxy) is 1. The smallest absolute Gasteiger partial charge is 0.136 e. The lowest BCUT2D eigenvalue weighted by atomic mass is 10.5. The van der Waals surface area contributed by atoms with E-state index in [0.29, 0.717) is 5.76 Å². The Morgan fingerprint density at radius 1 is 1.54 bits per heavy atom. The Morgan fingerprint density at radius 2 is 2.15 bits per heavy atom. The fourth-order valence-corrected chi connectivity index (χ4v) is 0.445. The molecule has 0 aromatic rings. The van der Waals surface area contributed by atoms with Gasteiger partial charge in [0.1, 0.15) is 5.76 Å². The number of allylic oxidation sites excluding steroid dienone is 2. The Kier molecular flexibility index (Phi) is 14.2. The summed E-state index contributed by atoms with van der Waals surface area (Å²) in [7, 11) is 3.43. The van der Waals surface area contributed by atoms with E-state index in [9.17, 15) is 0 Å². The fourth-order valence-electron chi connectivity index (χ4n) is 0.445. The molecule has 0 atom stereocenters. The molecule has 0 saturated heterocycles. The molecular weight excluding hydrogens is 164 g/mol. The van der Waals surface area contributed by atoms with Gasteiger partial charge in [0.2, 0.25) is 0 Å². The van der Waals surface area contributed by atoms with E-state index in [1.54, 1.807) is 13.2 Å². The maximum atomic E-state index is 4.75. The standard InChI is InChI=1S/C6H9NO.C4H9N/c1-4-6(8-3)5-7-2;1-3-4-5-2/h4-5H,1-2H2,3H3;3-5H,1-2H3/b6-5+;4-3-. The minimum atomic E-state index is 0.625. The molecule has 0 radical (unpaired) electrons. The van der Waals surface area contributed by atoms with Crippen LogP contribution < -0.4 is 5.32 Å². The van der Waals surface area contributed by atoms with Gasteiger partial charge in [0.05, 0.1) is 13.3 Å². The van der Waals surface area contributed by atoms with Crippen molar-refractivity contribution in [2.75, 3.05) is 14.2 Å². The van der Waals surface area contributed by atoms with Crippen molar-refractivity contribution >= 4 is 6.72 Å². The molecule has 0 fully saturated rings. The molecule has 0 unspecified atom stereocenters. The van der Waals surface area contributed by atoms with Gasteiger partial charge in [-0.3, -0.25) is 4.99 Å². The van der Waals surface area contributed by atoms with Gasteiger partial charge in [0, 0.05) is 7.05 Å². The molecule has 0 aliphatic carbocycles. The maximum absolute atomic E-state index is 4.75. The van der Waals surface area contributed by atoms with Crippen LogP contribution in [0.1, 0.15) is 6.92 Å². The minimum Gasteiger partial charge on any atom is -0.495 e. The van der Waals surface area contributed by atoms with Gasteiger partial charge in [-0.15, -0.1) is 0 Å². The molecule has 0 heterocycles. The highest BCUT2D eigenvalue weighted by molar-refractivity contribution is 5.27. The number of aliphatic imine (C=N–C) groups is 1. The van der Waals surface area contributed by atoms with Crippen molar-refractivity contribution in [3.63, 3.8) is 0 Å². The molecule has 0 saturated carbocycles. The van der Waals surface area contributed by atoms with Gasteiger partial charge in [0.25, 0.3) is 0 Å². The molecular formula is C10H18N2O. The Morgan fingerprint density at radius 3 is 2.23 bits per heavy atom. The number of methoxy groups -OCH3 is 1. The van der Waals surface area contributed by atoms with Gasteiger partial charge >= 0.3 is 0 Å². The Bertz CT molecular complexity index is 183. The van der Waals surface area contributed by atoms with Crippen LogP contribution in [0.3, 0.4) is 0 Å².